The molecule has 4 rings (SSSR count). The summed E-state index contributed by atoms with van der Waals surface area (Å²) in [6.45, 7) is 8.42. The molecule has 0 aliphatic heterocycles. The van der Waals surface area contributed by atoms with Crippen LogP contribution in [-0.4, -0.2) is 26.3 Å². The van der Waals surface area contributed by atoms with Gasteiger partial charge in [0.05, 0.1) is 34.5 Å². The number of aromatic nitrogens is 3. The van der Waals surface area contributed by atoms with Gasteiger partial charge in [-0.1, -0.05) is 57.2 Å². The lowest BCUT2D eigenvalue weighted by molar-refractivity contribution is 0.0526. The maximum atomic E-state index is 13.3. The van der Waals surface area contributed by atoms with Gasteiger partial charge in [-0.25, -0.2) is 9.59 Å². The molecule has 0 bridgehead atoms. The van der Waals surface area contributed by atoms with Crippen LogP contribution in [0, 0.1) is 0 Å². The second-order valence-electron chi connectivity index (χ2n) is 9.38. The molecule has 2 heterocycles. The molecule has 0 fully saturated rings. The highest BCUT2D eigenvalue weighted by atomic mass is 16.5. The maximum Gasteiger partial charge on any atom is 0.340 e. The molecule has 0 atom stereocenters. The maximum absolute atomic E-state index is 13.3. The zero-order chi connectivity index (χ0) is 24.8. The molecule has 0 aliphatic rings. The van der Waals surface area contributed by atoms with Crippen LogP contribution >= 0.6 is 0 Å². The van der Waals surface area contributed by atoms with Gasteiger partial charge in [0.2, 0.25) is 0 Å². The third-order valence-corrected chi connectivity index (χ3v) is 6.12. The lowest BCUT2D eigenvalue weighted by atomic mass is 9.86. The number of ether oxygens (including phenoxy) is 1. The Labute approximate surface area is 197 Å². The smallest absolute Gasteiger partial charge is 0.340 e. The van der Waals surface area contributed by atoms with Gasteiger partial charge in [0.1, 0.15) is 0 Å². The van der Waals surface area contributed by atoms with Gasteiger partial charge < -0.3 is 9.30 Å². The minimum atomic E-state index is -0.452. The largest absolute Gasteiger partial charge is 0.462 e. The first-order chi connectivity index (χ1) is 16.1. The van der Waals surface area contributed by atoms with Gasteiger partial charge in [0.15, 0.2) is 0 Å². The Hall–Kier alpha value is -3.87. The molecule has 0 N–H and O–H groups in total. The number of hydrogen-bond donors (Lipinski definition) is 0. The molecular formula is C27H29N3O4. The fraction of sp³-hybridized carbons (Fsp3) is 0.296. The molecule has 0 saturated carbocycles. The normalized spacial score (nSPS) is 11.7. The van der Waals surface area contributed by atoms with E-state index in [2.05, 4.69) is 20.8 Å². The molecule has 7 nitrogen and oxygen atoms in total. The van der Waals surface area contributed by atoms with Crippen molar-refractivity contribution in [2.45, 2.75) is 33.1 Å². The number of rotatable bonds is 4. The second-order valence-corrected chi connectivity index (χ2v) is 9.38. The highest BCUT2D eigenvalue weighted by Gasteiger charge is 2.23. The first kappa shape index (κ1) is 23.3. The quantitative estimate of drug-likeness (QED) is 0.429. The summed E-state index contributed by atoms with van der Waals surface area (Å²) in [5.74, 6) is -0.452. The Bertz CT molecular complexity index is 1510. The predicted molar refractivity (Wildman–Crippen MR) is 134 cm³/mol. The summed E-state index contributed by atoms with van der Waals surface area (Å²) in [5, 5.41) is 0.409. The Morgan fingerprint density at radius 3 is 2.21 bits per heavy atom. The van der Waals surface area contributed by atoms with Gasteiger partial charge in [-0.05, 0) is 35.6 Å². The van der Waals surface area contributed by atoms with Crippen molar-refractivity contribution < 1.29 is 9.53 Å². The van der Waals surface area contributed by atoms with Crippen LogP contribution in [0.15, 0.2) is 64.3 Å². The third kappa shape index (κ3) is 3.77. The van der Waals surface area contributed by atoms with E-state index in [9.17, 15) is 14.4 Å². The van der Waals surface area contributed by atoms with E-state index >= 15 is 0 Å². The van der Waals surface area contributed by atoms with Crippen LogP contribution in [0.5, 0.6) is 0 Å². The number of carbonyl (C=O) groups is 1. The van der Waals surface area contributed by atoms with Gasteiger partial charge in [-0.2, -0.15) is 0 Å². The number of benzene rings is 2. The van der Waals surface area contributed by atoms with Crippen molar-refractivity contribution in [2.24, 2.45) is 14.1 Å². The SMILES string of the molecule is CCOC(=O)c1ccccc1-n1cc2c(c1-c1ccc(C(C)(C)C)cc1)c(=O)n(C)c(=O)n2C. The second kappa shape index (κ2) is 8.48. The molecule has 0 saturated heterocycles. The third-order valence-electron chi connectivity index (χ3n) is 6.12. The number of para-hydroxylation sites is 1. The fourth-order valence-corrected chi connectivity index (χ4v) is 4.21. The number of carbonyl (C=O) groups excluding carboxylic acids is 1. The Balaban J connectivity index is 2.12. The molecule has 2 aromatic carbocycles. The van der Waals surface area contributed by atoms with Gasteiger partial charge >= 0.3 is 11.7 Å². The van der Waals surface area contributed by atoms with E-state index in [0.29, 0.717) is 27.8 Å². The fourth-order valence-electron chi connectivity index (χ4n) is 4.21. The zero-order valence-electron chi connectivity index (χ0n) is 20.4. The monoisotopic (exact) mass is 459 g/mol. The van der Waals surface area contributed by atoms with Crippen molar-refractivity contribution in [2.75, 3.05) is 6.61 Å². The zero-order valence-corrected chi connectivity index (χ0v) is 20.4. The summed E-state index contributed by atoms with van der Waals surface area (Å²) in [6.07, 6.45) is 1.74. The molecule has 34 heavy (non-hydrogen) atoms. The summed E-state index contributed by atoms with van der Waals surface area (Å²) in [5.41, 5.74) is 3.18. The highest BCUT2D eigenvalue weighted by Crippen LogP contribution is 2.33. The number of hydrogen-bond acceptors (Lipinski definition) is 4. The predicted octanol–water partition coefficient (Wildman–Crippen LogP) is 4.17. The number of esters is 1. The van der Waals surface area contributed by atoms with Crippen LogP contribution in [0.1, 0.15) is 43.6 Å². The Morgan fingerprint density at radius 2 is 1.59 bits per heavy atom. The average molecular weight is 460 g/mol. The molecule has 0 spiro atoms. The van der Waals surface area contributed by atoms with Crippen molar-refractivity contribution in [1.82, 2.24) is 13.7 Å². The average Bonchev–Trinajstić information content (AvgIpc) is 3.22. The van der Waals surface area contributed by atoms with Crippen LogP contribution in [0.25, 0.3) is 27.8 Å². The van der Waals surface area contributed by atoms with Crippen molar-refractivity contribution in [3.05, 3.63) is 86.7 Å². The summed E-state index contributed by atoms with van der Waals surface area (Å²) in [6, 6.07) is 15.1. The molecule has 0 radical (unpaired) electrons. The van der Waals surface area contributed by atoms with Crippen molar-refractivity contribution in [3.8, 4) is 16.9 Å². The summed E-state index contributed by atoms with van der Waals surface area (Å²) >= 11 is 0. The van der Waals surface area contributed by atoms with E-state index in [4.69, 9.17) is 4.74 Å². The summed E-state index contributed by atoms with van der Waals surface area (Å²) in [4.78, 5) is 38.7. The molecular weight excluding hydrogens is 430 g/mol. The van der Waals surface area contributed by atoms with Crippen LogP contribution in [0.4, 0.5) is 0 Å². The molecule has 2 aromatic heterocycles. The molecule has 7 heteroatoms. The minimum absolute atomic E-state index is 0.0286. The van der Waals surface area contributed by atoms with Crippen molar-refractivity contribution >= 4 is 16.9 Å². The van der Waals surface area contributed by atoms with E-state index in [0.717, 1.165) is 15.7 Å². The summed E-state index contributed by atoms with van der Waals surface area (Å²) in [7, 11) is 3.11. The van der Waals surface area contributed by atoms with Crippen molar-refractivity contribution in [3.63, 3.8) is 0 Å². The lowest BCUT2D eigenvalue weighted by Gasteiger charge is -2.19. The minimum Gasteiger partial charge on any atom is -0.462 e. The number of fused-ring (bicyclic) bond motifs is 1. The summed E-state index contributed by atoms with van der Waals surface area (Å²) < 4.78 is 9.64. The number of nitrogens with zero attached hydrogens (tertiary/aromatic N) is 3. The van der Waals surface area contributed by atoms with Gasteiger partial charge in [-0.3, -0.25) is 13.9 Å². The van der Waals surface area contributed by atoms with Crippen LogP contribution < -0.4 is 11.2 Å². The lowest BCUT2D eigenvalue weighted by Crippen LogP contribution is -2.36. The molecule has 176 valence electrons. The highest BCUT2D eigenvalue weighted by molar-refractivity contribution is 5.98. The molecule has 0 aliphatic carbocycles. The van der Waals surface area contributed by atoms with Gasteiger partial charge in [0, 0.05) is 20.3 Å². The van der Waals surface area contributed by atoms with E-state index < -0.39 is 11.7 Å². The first-order valence-corrected chi connectivity index (χ1v) is 11.2. The van der Waals surface area contributed by atoms with E-state index in [1.165, 1.54) is 11.6 Å². The molecule has 4 aromatic rings. The van der Waals surface area contributed by atoms with Crippen LogP contribution in [-0.2, 0) is 24.2 Å². The van der Waals surface area contributed by atoms with E-state index in [1.807, 2.05) is 34.9 Å². The van der Waals surface area contributed by atoms with E-state index in [1.54, 1.807) is 38.4 Å². The van der Waals surface area contributed by atoms with Crippen LogP contribution in [0.3, 0.4) is 0 Å². The van der Waals surface area contributed by atoms with Gasteiger partial charge in [0.25, 0.3) is 5.56 Å². The first-order valence-electron chi connectivity index (χ1n) is 11.2. The Morgan fingerprint density at radius 1 is 0.941 bits per heavy atom. The van der Waals surface area contributed by atoms with Crippen molar-refractivity contribution in [1.29, 1.82) is 0 Å². The van der Waals surface area contributed by atoms with E-state index in [-0.39, 0.29) is 17.6 Å². The molecule has 0 amide bonds. The standard InChI is InChI=1S/C27H29N3O4/c1-7-34-25(32)19-10-8-9-11-20(19)30-16-21-22(24(31)29(6)26(33)28(21)5)23(30)17-12-14-18(15-13-17)27(2,3)4/h8-16H,7H2,1-6H3. The van der Waals surface area contributed by atoms with Gasteiger partial charge in [-0.15, -0.1) is 0 Å². The van der Waals surface area contributed by atoms with Crippen LogP contribution in [0.2, 0.25) is 0 Å². The Kier molecular flexibility index (Phi) is 5.81. The topological polar surface area (TPSA) is 75.2 Å². The number of aryl methyl sites for hydroxylation is 1. The molecule has 0 unspecified atom stereocenters.